The normalized spacial score (nSPS) is 12.1. The summed E-state index contributed by atoms with van der Waals surface area (Å²) < 4.78 is 24.7. The van der Waals surface area contributed by atoms with Crippen LogP contribution in [0.4, 0.5) is 10.1 Å². The Morgan fingerprint density at radius 3 is 2.67 bits per heavy atom. The zero-order valence-electron chi connectivity index (χ0n) is 19.3. The lowest BCUT2D eigenvalue weighted by atomic mass is 9.99. The van der Waals surface area contributed by atoms with Crippen LogP contribution in [-0.4, -0.2) is 20.1 Å². The topological polar surface area (TPSA) is 127 Å². The Hall–Kier alpha value is -4.31. The van der Waals surface area contributed by atoms with E-state index in [9.17, 15) is 14.0 Å². The van der Waals surface area contributed by atoms with E-state index in [1.807, 2.05) is 19.9 Å². The maximum atomic E-state index is 13.9. The quantitative estimate of drug-likeness (QED) is 0.312. The van der Waals surface area contributed by atoms with Gasteiger partial charge in [-0.15, -0.1) is 0 Å². The molecule has 0 saturated heterocycles. The van der Waals surface area contributed by atoms with Crippen LogP contribution >= 0.6 is 11.6 Å². The molecule has 9 nitrogen and oxygen atoms in total. The zero-order valence-corrected chi connectivity index (χ0v) is 20.1. The number of H-pyrrole nitrogens is 1. The first-order valence-corrected chi connectivity index (χ1v) is 11.3. The van der Waals surface area contributed by atoms with Gasteiger partial charge >= 0.3 is 5.76 Å². The summed E-state index contributed by atoms with van der Waals surface area (Å²) in [5.41, 5.74) is 3.17. The Morgan fingerprint density at radius 1 is 1.14 bits per heavy atom. The fourth-order valence-electron chi connectivity index (χ4n) is 4.08. The average Bonchev–Trinajstić information content (AvgIpc) is 3.28. The van der Waals surface area contributed by atoms with Gasteiger partial charge in [0.25, 0.3) is 0 Å². The first-order chi connectivity index (χ1) is 17.2. The van der Waals surface area contributed by atoms with Crippen LogP contribution in [-0.2, 0) is 0 Å². The first-order valence-electron chi connectivity index (χ1n) is 10.9. The van der Waals surface area contributed by atoms with Gasteiger partial charge in [-0.05, 0) is 50.6 Å². The number of aromatic nitrogens is 4. The van der Waals surface area contributed by atoms with Crippen LogP contribution in [0.2, 0.25) is 5.15 Å². The number of fused-ring (bicyclic) bond motifs is 1. The molecule has 0 fully saturated rings. The molecule has 0 aliphatic heterocycles. The largest absolute Gasteiger partial charge is 0.455 e. The molecule has 0 aliphatic rings. The van der Waals surface area contributed by atoms with Gasteiger partial charge in [0.15, 0.2) is 5.43 Å². The Balaban J connectivity index is 1.65. The third kappa shape index (κ3) is 4.27. The van der Waals surface area contributed by atoms with Crippen LogP contribution in [0, 0.1) is 19.7 Å². The second kappa shape index (κ2) is 9.04. The molecule has 4 heterocycles. The summed E-state index contributed by atoms with van der Waals surface area (Å²) in [7, 11) is 0. The number of rotatable bonds is 5. The van der Waals surface area contributed by atoms with Crippen molar-refractivity contribution in [3.8, 4) is 22.8 Å². The molecule has 5 rings (SSSR count). The number of aryl methyl sites for hydroxylation is 1. The number of nitrogens with zero attached hydrogens (tertiary/aromatic N) is 3. The van der Waals surface area contributed by atoms with Crippen molar-refractivity contribution < 1.29 is 13.3 Å². The highest BCUT2D eigenvalue weighted by Gasteiger charge is 2.21. The van der Waals surface area contributed by atoms with Crippen molar-refractivity contribution in [3.63, 3.8) is 0 Å². The van der Waals surface area contributed by atoms with Crippen LogP contribution in [0.25, 0.3) is 33.8 Å². The minimum absolute atomic E-state index is 0.106. The van der Waals surface area contributed by atoms with Gasteiger partial charge in [-0.2, -0.15) is 0 Å². The molecule has 1 atom stereocenters. The van der Waals surface area contributed by atoms with E-state index in [0.717, 1.165) is 11.8 Å². The van der Waals surface area contributed by atoms with Gasteiger partial charge in [0.05, 0.1) is 23.3 Å². The first kappa shape index (κ1) is 23.4. The van der Waals surface area contributed by atoms with E-state index in [-0.39, 0.29) is 27.9 Å². The smallest absolute Gasteiger partial charge is 0.439 e. The van der Waals surface area contributed by atoms with E-state index < -0.39 is 17.6 Å². The van der Waals surface area contributed by atoms with Crippen molar-refractivity contribution in [2.24, 2.45) is 0 Å². The molecular formula is C25H19ClFN5O4. The highest BCUT2D eigenvalue weighted by Crippen LogP contribution is 2.34. The molecule has 5 aromatic rings. The summed E-state index contributed by atoms with van der Waals surface area (Å²) in [5.74, 6) is -0.922. The molecule has 0 amide bonds. The van der Waals surface area contributed by atoms with Crippen molar-refractivity contribution in [3.05, 3.63) is 91.2 Å². The predicted molar refractivity (Wildman–Crippen MR) is 133 cm³/mol. The van der Waals surface area contributed by atoms with Gasteiger partial charge in [0.1, 0.15) is 28.0 Å². The summed E-state index contributed by atoms with van der Waals surface area (Å²) in [6.07, 6.45) is 2.53. The summed E-state index contributed by atoms with van der Waals surface area (Å²) in [5, 5.41) is 7.63. The standard InChI is InChI=1S/C25H19ClFN5O4/c1-11-6-16(13(3)29-18-4-5-19(26)30-20(18)24-31-25(34)36-32-24)23-17(7-11)21(33)12(2)22(35-23)14-8-15(27)10-28-9-14/h4-10,13,29H,1-3H3,(H,31,32,34)/t13-/m1/s1. The lowest BCUT2D eigenvalue weighted by Gasteiger charge is -2.20. The van der Waals surface area contributed by atoms with Crippen molar-refractivity contribution >= 4 is 28.3 Å². The van der Waals surface area contributed by atoms with Crippen LogP contribution < -0.4 is 16.5 Å². The van der Waals surface area contributed by atoms with Crippen LogP contribution in [0.1, 0.15) is 29.7 Å². The Morgan fingerprint density at radius 2 is 1.94 bits per heavy atom. The lowest BCUT2D eigenvalue weighted by molar-refractivity contribution is 0.388. The molecule has 4 aromatic heterocycles. The third-order valence-electron chi connectivity index (χ3n) is 5.72. The fraction of sp³-hybridized carbons (Fsp3) is 0.160. The summed E-state index contributed by atoms with van der Waals surface area (Å²) in [6, 6.07) is 7.79. The molecule has 1 aromatic carbocycles. The van der Waals surface area contributed by atoms with Gasteiger partial charge in [0.2, 0.25) is 5.82 Å². The predicted octanol–water partition coefficient (Wildman–Crippen LogP) is 5.18. The monoisotopic (exact) mass is 507 g/mol. The molecule has 0 spiro atoms. The molecule has 36 heavy (non-hydrogen) atoms. The number of benzene rings is 1. The molecule has 0 aliphatic carbocycles. The maximum absolute atomic E-state index is 13.9. The second-order valence-corrected chi connectivity index (χ2v) is 8.74. The van der Waals surface area contributed by atoms with E-state index in [2.05, 4.69) is 29.9 Å². The van der Waals surface area contributed by atoms with E-state index in [1.54, 1.807) is 25.1 Å². The second-order valence-electron chi connectivity index (χ2n) is 8.35. The minimum atomic E-state index is -0.730. The highest BCUT2D eigenvalue weighted by atomic mass is 35.5. The highest BCUT2D eigenvalue weighted by molar-refractivity contribution is 6.29. The Bertz CT molecular complexity index is 1740. The minimum Gasteiger partial charge on any atom is -0.455 e. The van der Waals surface area contributed by atoms with Gasteiger partial charge < -0.3 is 9.73 Å². The van der Waals surface area contributed by atoms with E-state index in [0.29, 0.717) is 33.3 Å². The SMILES string of the molecule is Cc1cc([C@@H](C)Nc2ccc(Cl)nc2-c2noc(=O)[nH]2)c2oc(-c3cncc(F)c3)c(C)c(=O)c2c1. The molecule has 11 heteroatoms. The molecular weight excluding hydrogens is 489 g/mol. The van der Waals surface area contributed by atoms with Gasteiger partial charge in [-0.1, -0.05) is 22.8 Å². The average molecular weight is 508 g/mol. The Kier molecular flexibility index (Phi) is 5.89. The number of aromatic amines is 1. The van der Waals surface area contributed by atoms with Gasteiger partial charge in [0, 0.05) is 22.9 Å². The third-order valence-corrected chi connectivity index (χ3v) is 5.93. The van der Waals surface area contributed by atoms with Crippen molar-refractivity contribution in [2.75, 3.05) is 5.32 Å². The number of hydrogen-bond donors (Lipinski definition) is 2. The number of hydrogen-bond acceptors (Lipinski definition) is 8. The number of anilines is 1. The summed E-state index contributed by atoms with van der Waals surface area (Å²) in [6.45, 7) is 5.39. The van der Waals surface area contributed by atoms with Crippen LogP contribution in [0.3, 0.4) is 0 Å². The summed E-state index contributed by atoms with van der Waals surface area (Å²) >= 11 is 6.07. The molecule has 182 valence electrons. The molecule has 0 saturated carbocycles. The summed E-state index contributed by atoms with van der Waals surface area (Å²) in [4.78, 5) is 35.4. The number of halogens is 2. The van der Waals surface area contributed by atoms with Gasteiger partial charge in [-0.25, -0.2) is 14.2 Å². The molecule has 0 bridgehead atoms. The lowest BCUT2D eigenvalue weighted by Crippen LogP contribution is -2.13. The maximum Gasteiger partial charge on any atom is 0.439 e. The Labute approximate surface area is 208 Å². The van der Waals surface area contributed by atoms with Crippen LogP contribution in [0.5, 0.6) is 0 Å². The fourth-order valence-corrected chi connectivity index (χ4v) is 4.22. The molecule has 0 radical (unpaired) electrons. The zero-order chi connectivity index (χ0) is 25.6. The number of pyridine rings is 2. The van der Waals surface area contributed by atoms with Crippen molar-refractivity contribution in [1.29, 1.82) is 0 Å². The van der Waals surface area contributed by atoms with Crippen molar-refractivity contribution in [2.45, 2.75) is 26.8 Å². The van der Waals surface area contributed by atoms with E-state index in [4.69, 9.17) is 16.0 Å². The van der Waals surface area contributed by atoms with Crippen molar-refractivity contribution in [1.82, 2.24) is 20.1 Å². The number of nitrogens with one attached hydrogen (secondary N) is 2. The van der Waals surface area contributed by atoms with E-state index in [1.165, 1.54) is 12.3 Å². The van der Waals surface area contributed by atoms with Gasteiger partial charge in [-0.3, -0.25) is 19.3 Å². The van der Waals surface area contributed by atoms with Crippen LogP contribution in [0.15, 0.2) is 61.3 Å². The molecule has 2 N–H and O–H groups in total. The molecule has 0 unspecified atom stereocenters. The van der Waals surface area contributed by atoms with E-state index >= 15 is 0 Å².